The molecule has 0 fully saturated rings. The number of pyridine rings is 2. The third-order valence-corrected chi connectivity index (χ3v) is 12.8. The van der Waals surface area contributed by atoms with Crippen LogP contribution in [0.5, 0.6) is 0 Å². The van der Waals surface area contributed by atoms with Gasteiger partial charge in [-0.15, -0.1) is 54.1 Å². The van der Waals surface area contributed by atoms with Gasteiger partial charge in [0.25, 0.3) is 0 Å². The Morgan fingerprint density at radius 1 is 0.707 bits per heavy atom. The van der Waals surface area contributed by atoms with Gasteiger partial charge < -0.3 is 14.0 Å². The number of rotatable bonds is 7. The third-order valence-electron chi connectivity index (χ3n) is 10.7. The molecule has 1 radical (unpaired) electrons. The van der Waals surface area contributed by atoms with Crippen LogP contribution in [0.4, 0.5) is 0 Å². The number of benzene rings is 5. The van der Waals surface area contributed by atoms with Crippen molar-refractivity contribution in [3.8, 4) is 39.5 Å². The van der Waals surface area contributed by atoms with Crippen LogP contribution in [-0.4, -0.2) is 27.6 Å². The number of aryl methyl sites for hydroxylation is 1. The van der Waals surface area contributed by atoms with Gasteiger partial charge in [-0.05, 0) is 76.2 Å². The monoisotopic (exact) mass is 953 g/mol. The quantitative estimate of drug-likeness (QED) is 0.118. The van der Waals surface area contributed by atoms with Crippen LogP contribution < -0.4 is 5.19 Å². The molecule has 4 aromatic heterocycles. The summed E-state index contributed by atoms with van der Waals surface area (Å²) in [7, 11) is -1.27. The molecule has 0 unspecified atom stereocenters. The van der Waals surface area contributed by atoms with Gasteiger partial charge in [0.2, 0.25) is 0 Å². The largest absolute Gasteiger partial charge is 0.501 e. The molecule has 0 aliphatic carbocycles. The fourth-order valence-corrected chi connectivity index (χ4v) is 9.54. The first-order valence-corrected chi connectivity index (χ1v) is 23.3. The molecule has 5 aromatic carbocycles. The molecule has 0 N–H and O–H groups in total. The van der Waals surface area contributed by atoms with Gasteiger partial charge in [0, 0.05) is 43.6 Å². The number of hydrogen-bond donors (Lipinski definition) is 0. The van der Waals surface area contributed by atoms with Gasteiger partial charge in [-0.3, -0.25) is 9.97 Å². The van der Waals surface area contributed by atoms with Crippen LogP contribution in [0.15, 0.2) is 138 Å². The van der Waals surface area contributed by atoms with Gasteiger partial charge in [0.05, 0.1) is 36.7 Å². The Bertz CT molecular complexity index is 2820. The number of aromatic nitrogens is 4. The summed E-state index contributed by atoms with van der Waals surface area (Å²) in [5, 5.41) is 3.60. The van der Waals surface area contributed by atoms with Gasteiger partial charge in [-0.25, -0.2) is 0 Å². The normalized spacial score (nSPS) is 11.6. The molecular formula is C51H48IrN4OSi-2. The van der Waals surface area contributed by atoms with E-state index in [4.69, 9.17) is 9.40 Å². The fraction of sp³-hybridized carbons (Fsp3) is 0.196. The predicted molar refractivity (Wildman–Crippen MR) is 240 cm³/mol. The first kappa shape index (κ1) is 40.7. The molecule has 58 heavy (non-hydrogen) atoms. The maximum absolute atomic E-state index is 6.46. The summed E-state index contributed by atoms with van der Waals surface area (Å²) < 4.78 is 8.75. The van der Waals surface area contributed by atoms with Crippen molar-refractivity contribution >= 4 is 46.2 Å². The minimum Gasteiger partial charge on any atom is -0.501 e. The fourth-order valence-electron chi connectivity index (χ4n) is 7.83. The van der Waals surface area contributed by atoms with Crippen LogP contribution in [-0.2, 0) is 20.1 Å². The molecule has 0 aliphatic rings. The van der Waals surface area contributed by atoms with Gasteiger partial charge in [-0.1, -0.05) is 118 Å². The SMILES string of the molecule is CC(C)c1cc(-c2ccccc2)cc(C(C)C)c1-n1c(-c2[c-]ccc3c2oc2ccccc23)nc2ccncc21.Cc1cc(-c2[c-]cccc2)ncc1[Si](C)(C)C.[Ir]. The van der Waals surface area contributed by atoms with E-state index in [1.807, 2.05) is 54.7 Å². The van der Waals surface area contributed by atoms with E-state index in [0.717, 1.165) is 61.3 Å². The minimum atomic E-state index is -1.27. The van der Waals surface area contributed by atoms with Crippen molar-refractivity contribution in [3.05, 3.63) is 163 Å². The van der Waals surface area contributed by atoms with Crippen LogP contribution in [0.3, 0.4) is 0 Å². The van der Waals surface area contributed by atoms with Gasteiger partial charge in [0.1, 0.15) is 5.58 Å². The Kier molecular flexibility index (Phi) is 11.8. The van der Waals surface area contributed by atoms with E-state index in [9.17, 15) is 0 Å². The first-order valence-electron chi connectivity index (χ1n) is 19.8. The van der Waals surface area contributed by atoms with E-state index in [-0.39, 0.29) is 31.9 Å². The first-order chi connectivity index (χ1) is 27.5. The number of imidazole rings is 1. The topological polar surface area (TPSA) is 56.7 Å². The number of furan rings is 1. The van der Waals surface area contributed by atoms with Crippen molar-refractivity contribution in [3.63, 3.8) is 0 Å². The predicted octanol–water partition coefficient (Wildman–Crippen LogP) is 13.1. The summed E-state index contributed by atoms with van der Waals surface area (Å²) in [5.74, 6) is 1.37. The Balaban J connectivity index is 0.000000240. The van der Waals surface area contributed by atoms with Crippen molar-refractivity contribution in [1.29, 1.82) is 0 Å². The Hall–Kier alpha value is -5.46. The molecule has 0 atom stereocenters. The molecule has 0 aliphatic heterocycles. The molecule has 9 aromatic rings. The van der Waals surface area contributed by atoms with Crippen molar-refractivity contribution in [2.75, 3.05) is 0 Å². The molecule has 0 saturated heterocycles. The van der Waals surface area contributed by atoms with Crippen LogP contribution in [0, 0.1) is 19.1 Å². The summed E-state index contributed by atoms with van der Waals surface area (Å²) in [4.78, 5) is 14.3. The number of nitrogens with zero attached hydrogens (tertiary/aromatic N) is 4. The number of para-hydroxylation sites is 1. The van der Waals surface area contributed by atoms with Gasteiger partial charge >= 0.3 is 0 Å². The average Bonchev–Trinajstić information content (AvgIpc) is 3.79. The van der Waals surface area contributed by atoms with Gasteiger partial charge in [-0.2, -0.15) is 0 Å². The maximum atomic E-state index is 6.46. The second kappa shape index (κ2) is 16.8. The summed E-state index contributed by atoms with van der Waals surface area (Å²) in [6, 6.07) is 46.4. The molecule has 0 amide bonds. The van der Waals surface area contributed by atoms with Crippen molar-refractivity contribution in [1.82, 2.24) is 19.5 Å². The zero-order valence-corrected chi connectivity index (χ0v) is 37.8. The standard InChI is InChI=1S/C36H30N3O.C15H18NSi.Ir/c1-22(2)29-19-25(24-11-6-5-7-12-24)20-30(23(3)4)34(29)39-32-21-37-18-17-31(32)38-36(39)28-15-10-14-27-26-13-8-9-16-33(26)40-35(27)28;1-12-10-14(13-8-6-5-7-9-13)16-11-15(12)17(2,3)4;/h5-14,16-23H,1-4H3;5-8,10-11H,1-4H3;/q2*-1;. The second-order valence-corrected chi connectivity index (χ2v) is 21.5. The Morgan fingerprint density at radius 2 is 1.41 bits per heavy atom. The van der Waals surface area contributed by atoms with E-state index < -0.39 is 8.07 Å². The zero-order valence-electron chi connectivity index (χ0n) is 34.4. The average molecular weight is 953 g/mol. The molecule has 0 saturated carbocycles. The van der Waals surface area contributed by atoms with Crippen molar-refractivity contribution in [2.45, 2.75) is 66.1 Å². The second-order valence-electron chi connectivity index (χ2n) is 16.4. The summed E-state index contributed by atoms with van der Waals surface area (Å²) in [6.45, 7) is 18.3. The summed E-state index contributed by atoms with van der Waals surface area (Å²) in [5.41, 5.74) is 14.0. The van der Waals surface area contributed by atoms with E-state index in [1.54, 1.807) is 6.20 Å². The number of hydrogen-bond acceptors (Lipinski definition) is 4. The maximum Gasteiger partial charge on any atom is 0.120 e. The van der Waals surface area contributed by atoms with E-state index in [1.165, 1.54) is 33.0 Å². The molecule has 9 rings (SSSR count). The zero-order chi connectivity index (χ0) is 39.8. The van der Waals surface area contributed by atoms with Crippen LogP contribution >= 0.6 is 0 Å². The smallest absolute Gasteiger partial charge is 0.120 e. The molecule has 7 heteroatoms. The van der Waals surface area contributed by atoms with Crippen molar-refractivity contribution < 1.29 is 24.5 Å². The molecule has 0 spiro atoms. The molecule has 293 valence electrons. The molecular weight excluding hydrogens is 905 g/mol. The molecule has 4 heterocycles. The Labute approximate surface area is 356 Å². The van der Waals surface area contributed by atoms with Crippen molar-refractivity contribution in [2.24, 2.45) is 0 Å². The Morgan fingerprint density at radius 3 is 2.09 bits per heavy atom. The van der Waals surface area contributed by atoms with Crippen LogP contribution in [0.2, 0.25) is 19.6 Å². The van der Waals surface area contributed by atoms with Crippen LogP contribution in [0.1, 0.15) is 56.2 Å². The number of fused-ring (bicyclic) bond motifs is 4. The summed E-state index contributed by atoms with van der Waals surface area (Å²) >= 11 is 0. The minimum absolute atomic E-state index is 0. The third kappa shape index (κ3) is 7.87. The molecule has 5 nitrogen and oxygen atoms in total. The summed E-state index contributed by atoms with van der Waals surface area (Å²) in [6.07, 6.45) is 5.78. The molecule has 0 bridgehead atoms. The van der Waals surface area contributed by atoms with Crippen LogP contribution in [0.25, 0.3) is 72.4 Å². The van der Waals surface area contributed by atoms with E-state index >= 15 is 0 Å². The van der Waals surface area contributed by atoms with E-state index in [0.29, 0.717) is 0 Å². The van der Waals surface area contributed by atoms with E-state index in [2.05, 4.69) is 154 Å². The van der Waals surface area contributed by atoms with Gasteiger partial charge in [0.15, 0.2) is 0 Å².